The van der Waals surface area contributed by atoms with Gasteiger partial charge in [0.15, 0.2) is 11.5 Å². The van der Waals surface area contributed by atoms with Crippen LogP contribution in [0.2, 0.25) is 0 Å². The van der Waals surface area contributed by atoms with Crippen molar-refractivity contribution in [2.75, 3.05) is 0 Å². The molecule has 0 fully saturated rings. The van der Waals surface area contributed by atoms with Crippen molar-refractivity contribution < 1.29 is 14.7 Å². The summed E-state index contributed by atoms with van der Waals surface area (Å²) >= 11 is 0. The summed E-state index contributed by atoms with van der Waals surface area (Å²) in [6, 6.07) is 4.61. The summed E-state index contributed by atoms with van der Waals surface area (Å²) in [5.74, 6) is -1.21. The average molecular weight is 231 g/mol. The number of rotatable bonds is 3. The lowest BCUT2D eigenvalue weighted by molar-refractivity contribution is 0.0689. The molecule has 86 valence electrons. The van der Waals surface area contributed by atoms with E-state index in [1.54, 1.807) is 12.1 Å². The van der Waals surface area contributed by atoms with E-state index in [0.717, 1.165) is 0 Å². The molecule has 0 aromatic carbocycles. The van der Waals surface area contributed by atoms with Crippen molar-refractivity contribution >= 4 is 11.8 Å². The monoisotopic (exact) mass is 231 g/mol. The number of hydrogen-bond donors (Lipinski definition) is 1. The highest BCUT2D eigenvalue weighted by atomic mass is 16.4. The van der Waals surface area contributed by atoms with Crippen molar-refractivity contribution in [3.05, 3.63) is 42.0 Å². The van der Waals surface area contributed by atoms with Crippen molar-refractivity contribution in [3.63, 3.8) is 0 Å². The maximum Gasteiger partial charge on any atom is 0.356 e. The fraction of sp³-hybridized carbons (Fsp3) is 0.0909. The largest absolute Gasteiger partial charge is 0.476 e. The summed E-state index contributed by atoms with van der Waals surface area (Å²) < 4.78 is 1.39. The first kappa shape index (κ1) is 11.0. The van der Waals surface area contributed by atoms with Gasteiger partial charge in [0.2, 0.25) is 0 Å². The minimum Gasteiger partial charge on any atom is -0.476 e. The van der Waals surface area contributed by atoms with Gasteiger partial charge >= 0.3 is 5.97 Å². The number of carbonyl (C=O) groups excluding carboxylic acids is 1. The number of aromatic carboxylic acids is 1. The molecule has 2 aromatic rings. The number of Topliss-reactive ketones (excluding diaryl/α,β-unsaturated/α-hetero) is 1. The van der Waals surface area contributed by atoms with Gasteiger partial charge in [0.1, 0.15) is 5.69 Å². The van der Waals surface area contributed by atoms with Gasteiger partial charge in [0.05, 0.1) is 11.9 Å². The topological polar surface area (TPSA) is 85.1 Å². The zero-order chi connectivity index (χ0) is 12.4. The third-order valence-corrected chi connectivity index (χ3v) is 2.18. The Morgan fingerprint density at radius 2 is 2.00 bits per heavy atom. The molecule has 0 radical (unpaired) electrons. The number of carboxylic acids is 1. The zero-order valence-corrected chi connectivity index (χ0v) is 8.99. The first-order valence-electron chi connectivity index (χ1n) is 4.84. The number of hydrogen-bond acceptors (Lipinski definition) is 4. The standard InChI is InChI=1S/C11H9N3O3/c1-7(15)9-3-2-8(6-12-9)14-5-4-10(13-14)11(16)17/h2-6H,1H3,(H,16,17). The minimum atomic E-state index is -1.09. The van der Waals surface area contributed by atoms with Crippen molar-refractivity contribution in [3.8, 4) is 5.69 Å². The van der Waals surface area contributed by atoms with Gasteiger partial charge in [0.25, 0.3) is 0 Å². The second kappa shape index (κ2) is 4.17. The summed E-state index contributed by atoms with van der Waals surface area (Å²) in [7, 11) is 0. The fourth-order valence-electron chi connectivity index (χ4n) is 1.31. The van der Waals surface area contributed by atoms with E-state index in [1.807, 2.05) is 0 Å². The molecule has 0 spiro atoms. The van der Waals surface area contributed by atoms with E-state index in [-0.39, 0.29) is 11.5 Å². The fourth-order valence-corrected chi connectivity index (χ4v) is 1.31. The predicted octanol–water partition coefficient (Wildman–Crippen LogP) is 1.17. The lowest BCUT2D eigenvalue weighted by atomic mass is 10.2. The lowest BCUT2D eigenvalue weighted by Gasteiger charge is -2.00. The van der Waals surface area contributed by atoms with Gasteiger partial charge in [-0.05, 0) is 18.2 Å². The summed E-state index contributed by atoms with van der Waals surface area (Å²) in [6.45, 7) is 1.43. The Morgan fingerprint density at radius 1 is 1.24 bits per heavy atom. The van der Waals surface area contributed by atoms with Crippen LogP contribution in [-0.2, 0) is 0 Å². The van der Waals surface area contributed by atoms with E-state index in [2.05, 4.69) is 10.1 Å². The quantitative estimate of drug-likeness (QED) is 0.801. The number of pyridine rings is 1. The number of ketones is 1. The predicted molar refractivity (Wildman–Crippen MR) is 58.3 cm³/mol. The van der Waals surface area contributed by atoms with Crippen LogP contribution in [0.5, 0.6) is 0 Å². The van der Waals surface area contributed by atoms with Gasteiger partial charge in [0, 0.05) is 13.1 Å². The third kappa shape index (κ3) is 2.20. The highest BCUT2D eigenvalue weighted by Gasteiger charge is 2.08. The van der Waals surface area contributed by atoms with Gasteiger partial charge in [-0.2, -0.15) is 5.10 Å². The van der Waals surface area contributed by atoms with E-state index in [4.69, 9.17) is 5.11 Å². The van der Waals surface area contributed by atoms with E-state index >= 15 is 0 Å². The van der Waals surface area contributed by atoms with Gasteiger partial charge in [-0.3, -0.25) is 9.78 Å². The average Bonchev–Trinajstić information content (AvgIpc) is 2.78. The second-order valence-corrected chi connectivity index (χ2v) is 3.41. The van der Waals surface area contributed by atoms with Crippen LogP contribution in [-0.4, -0.2) is 31.6 Å². The molecule has 0 aliphatic heterocycles. The molecule has 0 bridgehead atoms. The van der Waals surface area contributed by atoms with Gasteiger partial charge < -0.3 is 5.11 Å². The molecule has 0 aliphatic carbocycles. The van der Waals surface area contributed by atoms with Gasteiger partial charge in [-0.15, -0.1) is 0 Å². The molecule has 0 aliphatic rings. The molecule has 2 heterocycles. The van der Waals surface area contributed by atoms with Crippen molar-refractivity contribution in [1.29, 1.82) is 0 Å². The summed E-state index contributed by atoms with van der Waals surface area (Å²) in [6.07, 6.45) is 2.99. The van der Waals surface area contributed by atoms with Crippen LogP contribution in [0.15, 0.2) is 30.6 Å². The van der Waals surface area contributed by atoms with Crippen LogP contribution < -0.4 is 0 Å². The molecule has 2 rings (SSSR count). The second-order valence-electron chi connectivity index (χ2n) is 3.41. The highest BCUT2D eigenvalue weighted by Crippen LogP contribution is 2.07. The molecule has 0 amide bonds. The summed E-state index contributed by atoms with van der Waals surface area (Å²) in [5.41, 5.74) is 0.919. The third-order valence-electron chi connectivity index (χ3n) is 2.18. The highest BCUT2D eigenvalue weighted by molar-refractivity contribution is 5.92. The van der Waals surface area contributed by atoms with E-state index in [1.165, 1.54) is 30.1 Å². The molecule has 6 heteroatoms. The van der Waals surface area contributed by atoms with Crippen molar-refractivity contribution in [2.45, 2.75) is 6.92 Å². The maximum absolute atomic E-state index is 11.0. The lowest BCUT2D eigenvalue weighted by Crippen LogP contribution is -2.02. The normalized spacial score (nSPS) is 10.2. The Hall–Kier alpha value is -2.50. The summed E-state index contributed by atoms with van der Waals surface area (Å²) in [4.78, 5) is 25.6. The molecule has 6 nitrogen and oxygen atoms in total. The zero-order valence-electron chi connectivity index (χ0n) is 8.99. The van der Waals surface area contributed by atoms with Crippen LogP contribution in [0.4, 0.5) is 0 Å². The van der Waals surface area contributed by atoms with Crippen LogP contribution in [0.3, 0.4) is 0 Å². The van der Waals surface area contributed by atoms with Crippen LogP contribution in [0, 0.1) is 0 Å². The molecule has 2 aromatic heterocycles. The van der Waals surface area contributed by atoms with Gasteiger partial charge in [-0.25, -0.2) is 9.48 Å². The molecule has 0 unspecified atom stereocenters. The van der Waals surface area contributed by atoms with E-state index in [0.29, 0.717) is 11.4 Å². The number of carboxylic acid groups (broad SMARTS) is 1. The van der Waals surface area contributed by atoms with Gasteiger partial charge in [-0.1, -0.05) is 0 Å². The first-order valence-corrected chi connectivity index (χ1v) is 4.84. The Labute approximate surface area is 96.5 Å². The van der Waals surface area contributed by atoms with E-state index in [9.17, 15) is 9.59 Å². The Kier molecular flexibility index (Phi) is 2.70. The Bertz CT molecular complexity index is 572. The molecular formula is C11H9N3O3. The molecule has 0 saturated carbocycles. The SMILES string of the molecule is CC(=O)c1ccc(-n2ccc(C(=O)O)n2)cn1. The number of carbonyl (C=O) groups is 2. The van der Waals surface area contributed by atoms with E-state index < -0.39 is 5.97 Å². The Balaban J connectivity index is 2.33. The molecule has 0 saturated heterocycles. The smallest absolute Gasteiger partial charge is 0.356 e. The molecule has 17 heavy (non-hydrogen) atoms. The van der Waals surface area contributed by atoms with Crippen LogP contribution in [0.25, 0.3) is 5.69 Å². The molecule has 1 N–H and O–H groups in total. The van der Waals surface area contributed by atoms with Crippen molar-refractivity contribution in [2.24, 2.45) is 0 Å². The van der Waals surface area contributed by atoms with Crippen LogP contribution in [0.1, 0.15) is 27.9 Å². The molecule has 0 atom stereocenters. The minimum absolute atomic E-state index is 0.0411. The van der Waals surface area contributed by atoms with Crippen molar-refractivity contribution in [1.82, 2.24) is 14.8 Å². The molecular weight excluding hydrogens is 222 g/mol. The van der Waals surface area contributed by atoms with Crippen LogP contribution >= 0.6 is 0 Å². The number of aromatic nitrogens is 3. The maximum atomic E-state index is 11.0. The first-order chi connectivity index (χ1) is 8.08. The summed E-state index contributed by atoms with van der Waals surface area (Å²) in [5, 5.41) is 12.6. The number of nitrogens with zero attached hydrogens (tertiary/aromatic N) is 3. The Morgan fingerprint density at radius 3 is 2.47 bits per heavy atom.